The first kappa shape index (κ1) is 19.5. The lowest BCUT2D eigenvalue weighted by Crippen LogP contribution is -2.31. The lowest BCUT2D eigenvalue weighted by atomic mass is 9.97. The van der Waals surface area contributed by atoms with Crippen molar-refractivity contribution < 1.29 is 21.6 Å². The lowest BCUT2D eigenvalue weighted by Gasteiger charge is -2.29. The molecule has 0 amide bonds. The molecule has 0 heterocycles. The largest absolute Gasteiger partial charge is 0.481 e. The molecule has 9 heteroatoms. The highest BCUT2D eigenvalue weighted by atomic mass is 32.2. The van der Waals surface area contributed by atoms with Crippen LogP contribution in [0.15, 0.2) is 41.3 Å². The molecule has 7 nitrogen and oxygen atoms in total. The normalized spacial score (nSPS) is 20.5. The summed E-state index contributed by atoms with van der Waals surface area (Å²) in [6.45, 7) is 3.58. The molecule has 1 aliphatic rings. The first-order chi connectivity index (χ1) is 11.4. The van der Waals surface area contributed by atoms with Gasteiger partial charge in [0.1, 0.15) is 11.4 Å². The van der Waals surface area contributed by atoms with Gasteiger partial charge in [0.15, 0.2) is 0 Å². The Morgan fingerprint density at radius 1 is 1.24 bits per heavy atom. The third-order valence-electron chi connectivity index (χ3n) is 3.71. The van der Waals surface area contributed by atoms with Gasteiger partial charge in [-0.1, -0.05) is 25.2 Å². The van der Waals surface area contributed by atoms with E-state index in [4.69, 9.17) is 9.88 Å². The van der Waals surface area contributed by atoms with Gasteiger partial charge in [0, 0.05) is 12.5 Å². The summed E-state index contributed by atoms with van der Waals surface area (Å²) >= 11 is 0. The number of primary sulfonamides is 1. The van der Waals surface area contributed by atoms with E-state index in [-0.39, 0.29) is 16.3 Å². The Morgan fingerprint density at radius 3 is 2.40 bits per heavy atom. The minimum absolute atomic E-state index is 0.0806. The van der Waals surface area contributed by atoms with E-state index in [0.717, 1.165) is 6.26 Å². The monoisotopic (exact) mass is 386 g/mol. The van der Waals surface area contributed by atoms with Gasteiger partial charge < -0.3 is 4.74 Å². The summed E-state index contributed by atoms with van der Waals surface area (Å²) in [7, 11) is -7.55. The van der Waals surface area contributed by atoms with Gasteiger partial charge >= 0.3 is 0 Å². The average Bonchev–Trinajstić information content (AvgIpc) is 2.46. The van der Waals surface area contributed by atoms with E-state index in [9.17, 15) is 16.8 Å². The number of nitrogens with two attached hydrogens (primary N) is 1. The molecule has 0 saturated heterocycles. The van der Waals surface area contributed by atoms with Crippen LogP contribution < -0.4 is 14.6 Å². The Labute approximate surface area is 148 Å². The molecule has 2 rings (SSSR count). The van der Waals surface area contributed by atoms with Crippen molar-refractivity contribution in [3.8, 4) is 5.75 Å². The number of nitrogens with one attached hydrogen (secondary N) is 1. The molecule has 0 bridgehead atoms. The van der Waals surface area contributed by atoms with E-state index < -0.39 is 25.6 Å². The fraction of sp³-hybridized carbons (Fsp3) is 0.375. The second-order valence-corrected chi connectivity index (χ2v) is 9.41. The number of rotatable bonds is 6. The number of aryl methyl sites for hydroxylation is 1. The maximum absolute atomic E-state index is 11.9. The molecule has 0 radical (unpaired) electrons. The molecule has 1 aromatic rings. The van der Waals surface area contributed by atoms with Gasteiger partial charge in [-0.2, -0.15) is 0 Å². The van der Waals surface area contributed by atoms with Crippen LogP contribution in [-0.4, -0.2) is 28.7 Å². The maximum Gasteiger partial charge on any atom is 0.238 e. The van der Waals surface area contributed by atoms with E-state index >= 15 is 0 Å². The van der Waals surface area contributed by atoms with Crippen molar-refractivity contribution in [3.05, 3.63) is 42.0 Å². The van der Waals surface area contributed by atoms with Crippen LogP contribution in [0.2, 0.25) is 0 Å². The molecule has 3 N–H and O–H groups in total. The molecule has 25 heavy (non-hydrogen) atoms. The zero-order valence-corrected chi connectivity index (χ0v) is 15.9. The number of ether oxygens (including phenoxy) is 1. The molecule has 0 aromatic heterocycles. The third kappa shape index (κ3) is 5.07. The maximum atomic E-state index is 11.9. The fourth-order valence-corrected chi connectivity index (χ4v) is 3.94. The Bertz CT molecular complexity index is 934. The number of anilines is 1. The van der Waals surface area contributed by atoms with Crippen LogP contribution in [0.3, 0.4) is 0 Å². The molecule has 1 aromatic carbocycles. The summed E-state index contributed by atoms with van der Waals surface area (Å²) in [4.78, 5) is -0.0806. The predicted octanol–water partition coefficient (Wildman–Crippen LogP) is 1.92. The quantitative estimate of drug-likeness (QED) is 0.775. The van der Waals surface area contributed by atoms with Crippen LogP contribution >= 0.6 is 0 Å². The topological polar surface area (TPSA) is 116 Å². The Kier molecular flexibility index (Phi) is 5.31. The van der Waals surface area contributed by atoms with E-state index in [1.807, 2.05) is 31.2 Å². The van der Waals surface area contributed by atoms with Gasteiger partial charge in [0.25, 0.3) is 0 Å². The summed E-state index contributed by atoms with van der Waals surface area (Å²) in [5.74, 6) is 0.106. The van der Waals surface area contributed by atoms with Crippen LogP contribution in [0.25, 0.3) is 0 Å². The molecular weight excluding hydrogens is 364 g/mol. The van der Waals surface area contributed by atoms with Gasteiger partial charge in [-0.15, -0.1) is 0 Å². The smallest absolute Gasteiger partial charge is 0.238 e. The molecule has 0 aliphatic heterocycles. The fourth-order valence-electron chi connectivity index (χ4n) is 2.55. The van der Waals surface area contributed by atoms with Crippen molar-refractivity contribution in [2.24, 2.45) is 5.14 Å². The van der Waals surface area contributed by atoms with Crippen molar-refractivity contribution >= 4 is 25.7 Å². The summed E-state index contributed by atoms with van der Waals surface area (Å²) in [6.07, 6.45) is 9.35. The third-order valence-corrected chi connectivity index (χ3v) is 5.29. The van der Waals surface area contributed by atoms with Gasteiger partial charge in [0.2, 0.25) is 20.0 Å². The SMILES string of the molecule is CCc1cc(NS(C)(=O)=O)c(OC2(C)C=CC=CC2)cc1S(N)(=O)=O. The molecular formula is C16H22N2O5S2. The van der Waals surface area contributed by atoms with Gasteiger partial charge in [-0.05, 0) is 31.1 Å². The van der Waals surface area contributed by atoms with Crippen molar-refractivity contribution in [3.63, 3.8) is 0 Å². The summed E-state index contributed by atoms with van der Waals surface area (Å²) in [5, 5.41) is 5.30. The van der Waals surface area contributed by atoms with Gasteiger partial charge in [-0.3, -0.25) is 4.72 Å². The molecule has 0 fully saturated rings. The van der Waals surface area contributed by atoms with Crippen LogP contribution in [0, 0.1) is 0 Å². The molecule has 138 valence electrons. The van der Waals surface area contributed by atoms with Crippen LogP contribution in [-0.2, 0) is 26.5 Å². The summed E-state index contributed by atoms with van der Waals surface area (Å²) < 4.78 is 55.5. The number of sulfonamides is 2. The van der Waals surface area contributed by atoms with E-state index in [1.54, 1.807) is 6.92 Å². The molecule has 1 unspecified atom stereocenters. The zero-order valence-electron chi connectivity index (χ0n) is 14.3. The first-order valence-electron chi connectivity index (χ1n) is 7.64. The molecule has 0 spiro atoms. The Morgan fingerprint density at radius 2 is 1.92 bits per heavy atom. The van der Waals surface area contributed by atoms with Crippen LogP contribution in [0.4, 0.5) is 5.69 Å². The van der Waals surface area contributed by atoms with Crippen LogP contribution in [0.1, 0.15) is 25.8 Å². The van der Waals surface area contributed by atoms with Gasteiger partial charge in [-0.25, -0.2) is 22.0 Å². The van der Waals surface area contributed by atoms with Crippen molar-refractivity contribution in [2.45, 2.75) is 37.2 Å². The van der Waals surface area contributed by atoms with Crippen molar-refractivity contribution in [1.29, 1.82) is 0 Å². The Hall–Kier alpha value is -1.84. The van der Waals surface area contributed by atoms with Gasteiger partial charge in [0.05, 0.1) is 16.8 Å². The number of allylic oxidation sites excluding steroid dienone is 2. The van der Waals surface area contributed by atoms with E-state index in [1.165, 1.54) is 12.1 Å². The van der Waals surface area contributed by atoms with Crippen molar-refractivity contribution in [2.75, 3.05) is 11.0 Å². The highest BCUT2D eigenvalue weighted by Gasteiger charge is 2.27. The summed E-state index contributed by atoms with van der Waals surface area (Å²) in [6, 6.07) is 2.72. The number of hydrogen-bond acceptors (Lipinski definition) is 5. The average molecular weight is 386 g/mol. The predicted molar refractivity (Wildman–Crippen MR) is 97.6 cm³/mol. The second kappa shape index (κ2) is 6.81. The molecule has 0 saturated carbocycles. The van der Waals surface area contributed by atoms with E-state index in [0.29, 0.717) is 18.4 Å². The molecule has 1 aliphatic carbocycles. The number of hydrogen-bond donors (Lipinski definition) is 2. The minimum Gasteiger partial charge on any atom is -0.481 e. The lowest BCUT2D eigenvalue weighted by molar-refractivity contribution is 0.143. The summed E-state index contributed by atoms with van der Waals surface area (Å²) in [5.41, 5.74) is -0.146. The standard InChI is InChI=1S/C16H22N2O5S2/c1-4-12-10-13(18-24(3,19)20)14(11-15(12)25(17,21)22)23-16(2)8-6-5-7-9-16/h5-8,10-11,18H,4,9H2,1-3H3,(H2,17,21,22). The second-order valence-electron chi connectivity index (χ2n) is 6.14. The Balaban J connectivity index is 2.61. The minimum atomic E-state index is -3.98. The molecule has 1 atom stereocenters. The van der Waals surface area contributed by atoms with Crippen LogP contribution in [0.5, 0.6) is 5.75 Å². The first-order valence-corrected chi connectivity index (χ1v) is 11.1. The van der Waals surface area contributed by atoms with E-state index in [2.05, 4.69) is 4.72 Å². The van der Waals surface area contributed by atoms with Crippen molar-refractivity contribution in [1.82, 2.24) is 0 Å². The zero-order chi connectivity index (χ0) is 18.9. The highest BCUT2D eigenvalue weighted by Crippen LogP contribution is 2.36. The number of benzene rings is 1. The highest BCUT2D eigenvalue weighted by molar-refractivity contribution is 7.92.